The maximum atomic E-state index is 6.05. The van der Waals surface area contributed by atoms with E-state index >= 15 is 0 Å². The van der Waals surface area contributed by atoms with E-state index in [0.29, 0.717) is 17.5 Å². The molecule has 2 fully saturated rings. The zero-order valence-corrected chi connectivity index (χ0v) is 8.21. The van der Waals surface area contributed by atoms with Crippen LogP contribution in [0.3, 0.4) is 0 Å². The number of hydrogen-bond donors (Lipinski definition) is 1. The van der Waals surface area contributed by atoms with Gasteiger partial charge >= 0.3 is 0 Å². The van der Waals surface area contributed by atoms with E-state index in [9.17, 15) is 0 Å². The molecule has 0 aromatic carbocycles. The summed E-state index contributed by atoms with van der Waals surface area (Å²) in [5.41, 5.74) is 6.59. The van der Waals surface area contributed by atoms with Crippen LogP contribution in [-0.4, -0.2) is 30.1 Å². The monoisotopic (exact) mass is 168 g/mol. The van der Waals surface area contributed by atoms with Crippen molar-refractivity contribution in [3.8, 4) is 0 Å². The predicted octanol–water partition coefficient (Wildman–Crippen LogP) is 1.21. The second kappa shape index (κ2) is 2.71. The third-order valence-corrected chi connectivity index (χ3v) is 3.88. The van der Waals surface area contributed by atoms with Crippen LogP contribution in [-0.2, 0) is 0 Å². The van der Waals surface area contributed by atoms with Crippen LogP contribution in [0.5, 0.6) is 0 Å². The maximum absolute atomic E-state index is 6.05. The molecule has 2 rings (SSSR count). The highest BCUT2D eigenvalue weighted by Crippen LogP contribution is 2.47. The summed E-state index contributed by atoms with van der Waals surface area (Å²) in [7, 11) is 0. The summed E-state index contributed by atoms with van der Waals surface area (Å²) in [6.07, 6.45) is 3.97. The molecule has 2 aliphatic rings. The molecule has 0 aromatic rings. The summed E-state index contributed by atoms with van der Waals surface area (Å²) in [6.45, 7) is 7.09. The summed E-state index contributed by atoms with van der Waals surface area (Å²) in [6, 6.07) is 1.21. The first-order valence-electron chi connectivity index (χ1n) is 5.14. The molecule has 2 unspecified atom stereocenters. The van der Waals surface area contributed by atoms with Crippen molar-refractivity contribution in [2.24, 2.45) is 11.1 Å². The largest absolute Gasteiger partial charge is 0.327 e. The minimum absolute atomic E-state index is 0.501. The van der Waals surface area contributed by atoms with Gasteiger partial charge in [-0.3, -0.25) is 0 Å². The molecular formula is C10H20N2. The van der Waals surface area contributed by atoms with Crippen LogP contribution in [0.2, 0.25) is 0 Å². The van der Waals surface area contributed by atoms with E-state index in [1.165, 1.54) is 32.4 Å². The standard InChI is InChI=1S/C10H20N2/c1-8(2)12-6-5-10(7-12)4-3-9(10)11/h8-9H,3-7,11H2,1-2H3. The van der Waals surface area contributed by atoms with E-state index in [2.05, 4.69) is 18.7 Å². The van der Waals surface area contributed by atoms with Crippen molar-refractivity contribution >= 4 is 0 Å². The summed E-state index contributed by atoms with van der Waals surface area (Å²) in [5, 5.41) is 0. The Hall–Kier alpha value is -0.0800. The van der Waals surface area contributed by atoms with Crippen LogP contribution in [0.15, 0.2) is 0 Å². The molecule has 0 aromatic heterocycles. The van der Waals surface area contributed by atoms with Crippen molar-refractivity contribution in [1.29, 1.82) is 0 Å². The van der Waals surface area contributed by atoms with Gasteiger partial charge in [0.2, 0.25) is 0 Å². The first kappa shape index (κ1) is 8.52. The van der Waals surface area contributed by atoms with Gasteiger partial charge in [0.15, 0.2) is 0 Å². The Morgan fingerprint density at radius 2 is 2.17 bits per heavy atom. The lowest BCUT2D eigenvalue weighted by Crippen LogP contribution is -2.52. The summed E-state index contributed by atoms with van der Waals surface area (Å²) in [4.78, 5) is 2.57. The molecule has 1 saturated heterocycles. The molecule has 70 valence electrons. The van der Waals surface area contributed by atoms with Crippen molar-refractivity contribution in [3.05, 3.63) is 0 Å². The summed E-state index contributed by atoms with van der Waals surface area (Å²) < 4.78 is 0. The van der Waals surface area contributed by atoms with Crippen molar-refractivity contribution < 1.29 is 0 Å². The molecule has 2 atom stereocenters. The van der Waals surface area contributed by atoms with Gasteiger partial charge in [0, 0.05) is 18.6 Å². The molecule has 1 heterocycles. The Labute approximate surface area is 75.1 Å². The molecule has 2 heteroatoms. The van der Waals surface area contributed by atoms with Crippen LogP contribution in [0, 0.1) is 5.41 Å². The molecule has 0 bridgehead atoms. The Morgan fingerprint density at radius 1 is 1.42 bits per heavy atom. The molecule has 1 saturated carbocycles. The van der Waals surface area contributed by atoms with Crippen LogP contribution < -0.4 is 5.73 Å². The average Bonchev–Trinajstić information content (AvgIpc) is 2.48. The highest BCUT2D eigenvalue weighted by Gasteiger charge is 2.49. The van der Waals surface area contributed by atoms with Gasteiger partial charge in [-0.15, -0.1) is 0 Å². The van der Waals surface area contributed by atoms with Crippen molar-refractivity contribution in [2.45, 2.75) is 45.2 Å². The van der Waals surface area contributed by atoms with Crippen LogP contribution in [0.25, 0.3) is 0 Å². The van der Waals surface area contributed by atoms with Gasteiger partial charge in [-0.25, -0.2) is 0 Å². The minimum atomic E-state index is 0.501. The van der Waals surface area contributed by atoms with Crippen LogP contribution >= 0.6 is 0 Å². The zero-order valence-electron chi connectivity index (χ0n) is 8.21. The van der Waals surface area contributed by atoms with E-state index in [1.807, 2.05) is 0 Å². The minimum Gasteiger partial charge on any atom is -0.327 e. The van der Waals surface area contributed by atoms with Crippen molar-refractivity contribution in [3.63, 3.8) is 0 Å². The maximum Gasteiger partial charge on any atom is 0.0108 e. The van der Waals surface area contributed by atoms with E-state index < -0.39 is 0 Å². The van der Waals surface area contributed by atoms with Crippen LogP contribution in [0.4, 0.5) is 0 Å². The smallest absolute Gasteiger partial charge is 0.0108 e. The lowest BCUT2D eigenvalue weighted by Gasteiger charge is -2.45. The lowest BCUT2D eigenvalue weighted by atomic mass is 9.64. The van der Waals surface area contributed by atoms with Gasteiger partial charge in [0.05, 0.1) is 0 Å². The van der Waals surface area contributed by atoms with Gasteiger partial charge in [-0.2, -0.15) is 0 Å². The Kier molecular flexibility index (Phi) is 1.92. The number of nitrogens with zero attached hydrogens (tertiary/aromatic N) is 1. The first-order valence-corrected chi connectivity index (χ1v) is 5.14. The fourth-order valence-electron chi connectivity index (χ4n) is 2.60. The third-order valence-electron chi connectivity index (χ3n) is 3.88. The number of likely N-dealkylation sites (tertiary alicyclic amines) is 1. The molecule has 2 N–H and O–H groups in total. The SMILES string of the molecule is CC(C)N1CCC2(CCC2N)C1. The van der Waals surface area contributed by atoms with Gasteiger partial charge in [-0.05, 0) is 45.1 Å². The highest BCUT2D eigenvalue weighted by atomic mass is 15.2. The highest BCUT2D eigenvalue weighted by molar-refractivity contribution is 5.04. The average molecular weight is 168 g/mol. The number of nitrogens with two attached hydrogens (primary N) is 1. The number of hydrogen-bond acceptors (Lipinski definition) is 2. The Balaban J connectivity index is 1.97. The first-order chi connectivity index (χ1) is 5.64. The summed E-state index contributed by atoms with van der Waals surface area (Å²) in [5.74, 6) is 0. The Morgan fingerprint density at radius 3 is 2.42 bits per heavy atom. The normalized spacial score (nSPS) is 42.5. The van der Waals surface area contributed by atoms with Crippen molar-refractivity contribution in [1.82, 2.24) is 4.90 Å². The topological polar surface area (TPSA) is 29.3 Å². The quantitative estimate of drug-likeness (QED) is 0.637. The van der Waals surface area contributed by atoms with E-state index in [0.717, 1.165) is 0 Å². The second-order valence-corrected chi connectivity index (χ2v) is 4.82. The molecular weight excluding hydrogens is 148 g/mol. The zero-order chi connectivity index (χ0) is 8.77. The number of rotatable bonds is 1. The molecule has 1 spiro atoms. The van der Waals surface area contributed by atoms with Crippen molar-refractivity contribution in [2.75, 3.05) is 13.1 Å². The van der Waals surface area contributed by atoms with Gasteiger partial charge in [-0.1, -0.05) is 0 Å². The van der Waals surface area contributed by atoms with Gasteiger partial charge < -0.3 is 10.6 Å². The molecule has 0 radical (unpaired) electrons. The predicted molar refractivity (Wildman–Crippen MR) is 51.0 cm³/mol. The molecule has 0 amide bonds. The van der Waals surface area contributed by atoms with E-state index in [1.54, 1.807) is 0 Å². The van der Waals surface area contributed by atoms with E-state index in [4.69, 9.17) is 5.73 Å². The molecule has 1 aliphatic carbocycles. The van der Waals surface area contributed by atoms with Gasteiger partial charge in [0.25, 0.3) is 0 Å². The fraction of sp³-hybridized carbons (Fsp3) is 1.00. The third kappa shape index (κ3) is 1.09. The van der Waals surface area contributed by atoms with E-state index in [-0.39, 0.29) is 0 Å². The molecule has 2 nitrogen and oxygen atoms in total. The van der Waals surface area contributed by atoms with Gasteiger partial charge in [0.1, 0.15) is 0 Å². The fourth-order valence-corrected chi connectivity index (χ4v) is 2.60. The Bertz CT molecular complexity index is 179. The lowest BCUT2D eigenvalue weighted by molar-refractivity contribution is 0.0950. The van der Waals surface area contributed by atoms with Crippen LogP contribution in [0.1, 0.15) is 33.1 Å². The summed E-state index contributed by atoms with van der Waals surface area (Å²) >= 11 is 0. The second-order valence-electron chi connectivity index (χ2n) is 4.82. The molecule has 12 heavy (non-hydrogen) atoms. The molecule has 1 aliphatic heterocycles.